The Balaban J connectivity index is 1.97. The molecule has 1 fully saturated rings. The fraction of sp³-hybridized carbons (Fsp3) is 0.538. The van der Waals surface area contributed by atoms with Crippen LogP contribution in [0.25, 0.3) is 0 Å². The minimum atomic E-state index is 0.176. The number of rotatable bonds is 4. The monoisotopic (exact) mass is 248 g/mol. The first-order chi connectivity index (χ1) is 8.70. The third-order valence-corrected chi connectivity index (χ3v) is 3.22. The van der Waals surface area contributed by atoms with Crippen molar-refractivity contribution in [3.63, 3.8) is 0 Å². The first kappa shape index (κ1) is 12.8. The van der Waals surface area contributed by atoms with E-state index in [2.05, 4.69) is 4.98 Å². The normalized spacial score (nSPS) is 14.9. The minimum absolute atomic E-state index is 0.176. The molecule has 0 saturated carbocycles. The summed E-state index contributed by atoms with van der Waals surface area (Å²) in [7, 11) is 1.89. The van der Waals surface area contributed by atoms with Gasteiger partial charge in [0.25, 0.3) is 0 Å². The topological polar surface area (TPSA) is 62.5 Å². The van der Waals surface area contributed by atoms with Gasteiger partial charge in [-0.15, -0.1) is 0 Å². The average Bonchev–Trinajstić information content (AvgIpc) is 2.92. The van der Waals surface area contributed by atoms with Gasteiger partial charge in [-0.3, -0.25) is 4.79 Å². The van der Waals surface area contributed by atoms with E-state index >= 15 is 0 Å². The van der Waals surface area contributed by atoms with Crippen molar-refractivity contribution in [2.24, 2.45) is 5.73 Å². The lowest BCUT2D eigenvalue weighted by Gasteiger charge is -2.22. The van der Waals surface area contributed by atoms with Gasteiger partial charge in [-0.1, -0.05) is 6.07 Å². The summed E-state index contributed by atoms with van der Waals surface area (Å²) in [6.45, 7) is 2.58. The Labute approximate surface area is 108 Å². The Bertz CT molecular complexity index is 415. The molecule has 0 aromatic carbocycles. The molecular formula is C13H20N4O. The molecule has 1 aromatic heterocycles. The molecule has 0 bridgehead atoms. The molecule has 1 amide bonds. The molecule has 0 atom stereocenters. The lowest BCUT2D eigenvalue weighted by atomic mass is 10.3. The van der Waals surface area contributed by atoms with E-state index < -0.39 is 0 Å². The lowest BCUT2D eigenvalue weighted by Crippen LogP contribution is -2.37. The van der Waals surface area contributed by atoms with E-state index in [0.717, 1.165) is 37.4 Å². The van der Waals surface area contributed by atoms with Gasteiger partial charge < -0.3 is 15.5 Å². The van der Waals surface area contributed by atoms with E-state index in [-0.39, 0.29) is 5.91 Å². The third kappa shape index (κ3) is 2.98. The number of hydrogen-bond donors (Lipinski definition) is 1. The second-order valence-electron chi connectivity index (χ2n) is 4.64. The maximum Gasteiger partial charge on any atom is 0.242 e. The van der Waals surface area contributed by atoms with E-state index in [9.17, 15) is 4.79 Å². The first-order valence-electron chi connectivity index (χ1n) is 6.35. The van der Waals surface area contributed by atoms with E-state index in [1.807, 2.05) is 35.0 Å². The summed E-state index contributed by atoms with van der Waals surface area (Å²) in [6, 6.07) is 5.71. The smallest absolute Gasteiger partial charge is 0.242 e. The highest BCUT2D eigenvalue weighted by Crippen LogP contribution is 2.12. The van der Waals surface area contributed by atoms with Crippen LogP contribution < -0.4 is 10.6 Å². The number of amides is 1. The number of likely N-dealkylation sites (tertiary alicyclic amines) is 1. The first-order valence-corrected chi connectivity index (χ1v) is 6.35. The van der Waals surface area contributed by atoms with Crippen LogP contribution in [0, 0.1) is 0 Å². The molecule has 5 nitrogen and oxygen atoms in total. The van der Waals surface area contributed by atoms with Gasteiger partial charge in [-0.25, -0.2) is 4.98 Å². The Morgan fingerprint density at radius 2 is 2.17 bits per heavy atom. The molecule has 98 valence electrons. The van der Waals surface area contributed by atoms with Gasteiger partial charge in [0.15, 0.2) is 0 Å². The summed E-state index contributed by atoms with van der Waals surface area (Å²) >= 11 is 0. The zero-order valence-corrected chi connectivity index (χ0v) is 10.8. The summed E-state index contributed by atoms with van der Waals surface area (Å²) in [5, 5.41) is 0. The van der Waals surface area contributed by atoms with Gasteiger partial charge in [0.1, 0.15) is 5.82 Å². The van der Waals surface area contributed by atoms with E-state index in [0.29, 0.717) is 13.1 Å². The Hall–Kier alpha value is -1.62. The predicted octanol–water partition coefficient (Wildman–Crippen LogP) is 0.599. The zero-order valence-electron chi connectivity index (χ0n) is 10.8. The van der Waals surface area contributed by atoms with Crippen LogP contribution in [0.4, 0.5) is 5.82 Å². The van der Waals surface area contributed by atoms with Crippen molar-refractivity contribution in [1.29, 1.82) is 0 Å². The highest BCUT2D eigenvalue weighted by molar-refractivity contribution is 5.81. The van der Waals surface area contributed by atoms with Gasteiger partial charge in [0.05, 0.1) is 12.2 Å². The molecule has 0 radical (unpaired) electrons. The minimum Gasteiger partial charge on any atom is -0.350 e. The highest BCUT2D eigenvalue weighted by atomic mass is 16.2. The van der Waals surface area contributed by atoms with E-state index in [1.165, 1.54) is 0 Å². The highest BCUT2D eigenvalue weighted by Gasteiger charge is 2.19. The number of carbonyl (C=O) groups excluding carboxylic acids is 1. The van der Waals surface area contributed by atoms with Crippen LogP contribution in [0.3, 0.4) is 0 Å². The second kappa shape index (κ2) is 5.82. The number of nitrogens with zero attached hydrogens (tertiary/aromatic N) is 3. The summed E-state index contributed by atoms with van der Waals surface area (Å²) in [6.07, 6.45) is 2.24. The van der Waals surface area contributed by atoms with Crippen molar-refractivity contribution >= 4 is 11.7 Å². The van der Waals surface area contributed by atoms with Crippen molar-refractivity contribution in [2.45, 2.75) is 19.4 Å². The lowest BCUT2D eigenvalue weighted by molar-refractivity contribution is -0.128. The van der Waals surface area contributed by atoms with Gasteiger partial charge in [0, 0.05) is 26.7 Å². The summed E-state index contributed by atoms with van der Waals surface area (Å²) in [4.78, 5) is 20.2. The van der Waals surface area contributed by atoms with Crippen molar-refractivity contribution in [3.8, 4) is 0 Å². The predicted molar refractivity (Wildman–Crippen MR) is 71.2 cm³/mol. The molecule has 2 rings (SSSR count). The molecule has 2 N–H and O–H groups in total. The fourth-order valence-electron chi connectivity index (χ4n) is 2.14. The van der Waals surface area contributed by atoms with Crippen molar-refractivity contribution in [2.75, 3.05) is 31.6 Å². The third-order valence-electron chi connectivity index (χ3n) is 3.22. The molecule has 1 aliphatic heterocycles. The zero-order chi connectivity index (χ0) is 13.0. The Kier molecular flexibility index (Phi) is 4.15. The largest absolute Gasteiger partial charge is 0.350 e. The van der Waals surface area contributed by atoms with Gasteiger partial charge in [0.2, 0.25) is 5.91 Å². The number of pyridine rings is 1. The maximum atomic E-state index is 12.0. The van der Waals surface area contributed by atoms with Gasteiger partial charge >= 0.3 is 0 Å². The van der Waals surface area contributed by atoms with Crippen LogP contribution in [-0.2, 0) is 11.3 Å². The van der Waals surface area contributed by atoms with Crippen molar-refractivity contribution < 1.29 is 4.79 Å². The van der Waals surface area contributed by atoms with Crippen LogP contribution in [0.1, 0.15) is 18.5 Å². The quantitative estimate of drug-likeness (QED) is 0.847. The average molecular weight is 248 g/mol. The summed E-state index contributed by atoms with van der Waals surface area (Å²) < 4.78 is 0. The SMILES string of the molecule is CN(CC(=O)N1CCCC1)c1cccc(CN)n1. The summed E-state index contributed by atoms with van der Waals surface area (Å²) in [5.41, 5.74) is 6.40. The molecule has 1 aromatic rings. The molecular weight excluding hydrogens is 228 g/mol. The maximum absolute atomic E-state index is 12.0. The molecule has 1 aliphatic rings. The number of likely N-dealkylation sites (N-methyl/N-ethyl adjacent to an activating group) is 1. The molecule has 0 unspecified atom stereocenters. The molecule has 0 aliphatic carbocycles. The molecule has 18 heavy (non-hydrogen) atoms. The van der Waals surface area contributed by atoms with Gasteiger partial charge in [-0.2, -0.15) is 0 Å². The molecule has 1 saturated heterocycles. The number of anilines is 1. The Morgan fingerprint density at radius 3 is 2.83 bits per heavy atom. The van der Waals surface area contributed by atoms with E-state index in [4.69, 9.17) is 5.73 Å². The van der Waals surface area contributed by atoms with Crippen LogP contribution in [0.2, 0.25) is 0 Å². The molecule has 0 spiro atoms. The number of carbonyl (C=O) groups is 1. The van der Waals surface area contributed by atoms with Crippen molar-refractivity contribution in [1.82, 2.24) is 9.88 Å². The number of nitrogens with two attached hydrogens (primary N) is 1. The Morgan fingerprint density at radius 1 is 1.44 bits per heavy atom. The summed E-state index contributed by atoms with van der Waals surface area (Å²) in [5.74, 6) is 0.973. The number of hydrogen-bond acceptors (Lipinski definition) is 4. The standard InChI is InChI=1S/C13H20N4O/c1-16(10-13(18)17-7-2-3-8-17)12-6-4-5-11(9-14)15-12/h4-6H,2-3,7-10,14H2,1H3. The van der Waals surface area contributed by atoms with E-state index in [1.54, 1.807) is 0 Å². The fourth-order valence-corrected chi connectivity index (χ4v) is 2.14. The van der Waals surface area contributed by atoms with Crippen LogP contribution in [0.15, 0.2) is 18.2 Å². The van der Waals surface area contributed by atoms with Crippen molar-refractivity contribution in [3.05, 3.63) is 23.9 Å². The number of aromatic nitrogens is 1. The second-order valence-corrected chi connectivity index (χ2v) is 4.64. The van der Waals surface area contributed by atoms with Crippen LogP contribution in [0.5, 0.6) is 0 Å². The molecule has 2 heterocycles. The van der Waals surface area contributed by atoms with Crippen LogP contribution >= 0.6 is 0 Å². The molecule has 5 heteroatoms. The van der Waals surface area contributed by atoms with Crippen LogP contribution in [-0.4, -0.2) is 42.5 Å². The van der Waals surface area contributed by atoms with Gasteiger partial charge in [-0.05, 0) is 25.0 Å².